The van der Waals surface area contributed by atoms with Crippen LogP contribution < -0.4 is 0 Å². The summed E-state index contributed by atoms with van der Waals surface area (Å²) in [6.45, 7) is 0. The van der Waals surface area contributed by atoms with E-state index in [0.717, 1.165) is 11.3 Å². The highest BCUT2D eigenvalue weighted by Gasteiger charge is 2.18. The largest absolute Gasteiger partial charge is 0.256 e. The zero-order valence-corrected chi connectivity index (χ0v) is 27.4. The van der Waals surface area contributed by atoms with E-state index in [2.05, 4.69) is 176 Å². The number of nitrogens with zero attached hydrogens (tertiary/aromatic N) is 1. The van der Waals surface area contributed by atoms with Crippen molar-refractivity contribution in [3.05, 3.63) is 176 Å². The highest BCUT2D eigenvalue weighted by Crippen LogP contribution is 2.45. The van der Waals surface area contributed by atoms with Crippen LogP contribution in [0.1, 0.15) is 0 Å². The van der Waals surface area contributed by atoms with Gasteiger partial charge in [0.15, 0.2) is 0 Å². The van der Waals surface area contributed by atoms with Crippen molar-refractivity contribution in [1.29, 1.82) is 0 Å². The molecule has 2 heteroatoms. The molecule has 0 amide bonds. The summed E-state index contributed by atoms with van der Waals surface area (Å²) in [7, 11) is 0. The first-order valence-electron chi connectivity index (χ1n) is 16.7. The lowest BCUT2D eigenvalue weighted by molar-refractivity contribution is 1.34. The Bertz CT molecular complexity index is 2790. The molecule has 0 unspecified atom stereocenters. The van der Waals surface area contributed by atoms with Crippen molar-refractivity contribution in [2.24, 2.45) is 0 Å². The Morgan fingerprint density at radius 3 is 1.65 bits per heavy atom. The molecular weight excluding hydrogens is 611 g/mol. The van der Waals surface area contributed by atoms with Gasteiger partial charge in [-0.05, 0) is 72.3 Å². The van der Waals surface area contributed by atoms with E-state index in [0.29, 0.717) is 0 Å². The number of benzene rings is 8. The van der Waals surface area contributed by atoms with Crippen molar-refractivity contribution in [2.75, 3.05) is 0 Å². The van der Waals surface area contributed by atoms with E-state index >= 15 is 0 Å². The Morgan fingerprint density at radius 1 is 0.367 bits per heavy atom. The molecule has 2 aromatic heterocycles. The summed E-state index contributed by atoms with van der Waals surface area (Å²) < 4.78 is 2.65. The van der Waals surface area contributed by atoms with E-state index in [-0.39, 0.29) is 0 Å². The number of fused-ring (bicyclic) bond motifs is 7. The van der Waals surface area contributed by atoms with Gasteiger partial charge in [0, 0.05) is 37.5 Å². The molecule has 0 saturated carbocycles. The van der Waals surface area contributed by atoms with Gasteiger partial charge in [0.25, 0.3) is 0 Å². The van der Waals surface area contributed by atoms with E-state index < -0.39 is 0 Å². The predicted molar refractivity (Wildman–Crippen MR) is 211 cm³/mol. The third-order valence-electron chi connectivity index (χ3n) is 9.93. The fourth-order valence-electron chi connectivity index (χ4n) is 7.67. The Morgan fingerprint density at radius 2 is 0.959 bits per heavy atom. The van der Waals surface area contributed by atoms with Crippen LogP contribution >= 0.6 is 11.3 Å². The van der Waals surface area contributed by atoms with Crippen molar-refractivity contribution >= 4 is 63.8 Å². The van der Waals surface area contributed by atoms with Gasteiger partial charge in [0.05, 0.1) is 5.69 Å². The molecule has 49 heavy (non-hydrogen) atoms. The molecule has 0 saturated heterocycles. The van der Waals surface area contributed by atoms with Gasteiger partial charge >= 0.3 is 0 Å². The summed E-state index contributed by atoms with van der Waals surface area (Å²) >= 11 is 1.88. The van der Waals surface area contributed by atoms with Crippen LogP contribution in [0.2, 0.25) is 0 Å². The summed E-state index contributed by atoms with van der Waals surface area (Å²) in [5, 5.41) is 10.1. The molecule has 2 heterocycles. The van der Waals surface area contributed by atoms with E-state index in [4.69, 9.17) is 4.98 Å². The minimum atomic E-state index is 0.982. The van der Waals surface area contributed by atoms with Gasteiger partial charge in [-0.3, -0.25) is 4.98 Å². The lowest BCUT2D eigenvalue weighted by Gasteiger charge is -2.17. The predicted octanol–water partition coefficient (Wildman–Crippen LogP) is 13.6. The molecule has 228 valence electrons. The second-order valence-corrected chi connectivity index (χ2v) is 13.7. The third-order valence-corrected chi connectivity index (χ3v) is 11.1. The first-order valence-corrected chi connectivity index (χ1v) is 17.5. The molecule has 0 aliphatic carbocycles. The number of aromatic nitrogens is 1. The molecule has 0 radical (unpaired) electrons. The van der Waals surface area contributed by atoms with E-state index in [1.165, 1.54) is 85.9 Å². The standard InChI is InChI=1S/C47H29NS/c1-2-11-30(12-3-1)31-21-23-33(24-22-31)44-37-15-6-8-17-39(37)45(40-18-9-7-16-38(40)44)42-28-26-34(29-48-42)35-19-10-20-43-46(35)41-27-25-32-13-4-5-14-36(32)47(41)49-43/h1-29H. The Labute approximate surface area is 288 Å². The number of pyridine rings is 1. The molecule has 0 N–H and O–H groups in total. The summed E-state index contributed by atoms with van der Waals surface area (Å²) in [6.07, 6.45) is 2.06. The first-order chi connectivity index (χ1) is 24.3. The monoisotopic (exact) mass is 639 g/mol. The van der Waals surface area contributed by atoms with Crippen LogP contribution in [-0.4, -0.2) is 4.98 Å². The third kappa shape index (κ3) is 4.49. The lowest BCUT2D eigenvalue weighted by Crippen LogP contribution is -1.93. The van der Waals surface area contributed by atoms with E-state index in [1.54, 1.807) is 0 Å². The number of thiophene rings is 1. The molecule has 0 aliphatic heterocycles. The van der Waals surface area contributed by atoms with Crippen LogP contribution in [0.3, 0.4) is 0 Å². The first kappa shape index (κ1) is 28.0. The maximum Gasteiger partial charge on any atom is 0.0714 e. The number of rotatable bonds is 4. The minimum Gasteiger partial charge on any atom is -0.256 e. The topological polar surface area (TPSA) is 12.9 Å². The molecule has 10 rings (SSSR count). The van der Waals surface area contributed by atoms with Crippen LogP contribution in [0.4, 0.5) is 0 Å². The molecule has 10 aromatic rings. The minimum absolute atomic E-state index is 0.982. The average molecular weight is 640 g/mol. The van der Waals surface area contributed by atoms with Crippen LogP contribution in [-0.2, 0) is 0 Å². The maximum atomic E-state index is 5.20. The van der Waals surface area contributed by atoms with E-state index in [9.17, 15) is 0 Å². The summed E-state index contributed by atoms with van der Waals surface area (Å²) in [5.41, 5.74) is 9.43. The molecule has 1 nitrogen and oxygen atoms in total. The summed E-state index contributed by atoms with van der Waals surface area (Å²) in [4.78, 5) is 5.20. The zero-order chi connectivity index (χ0) is 32.3. The molecule has 8 aromatic carbocycles. The Kier molecular flexibility index (Phi) is 6.43. The Hall–Kier alpha value is -6.09. The van der Waals surface area contributed by atoms with Crippen LogP contribution in [0.15, 0.2) is 176 Å². The van der Waals surface area contributed by atoms with E-state index in [1.807, 2.05) is 11.3 Å². The zero-order valence-electron chi connectivity index (χ0n) is 26.6. The second kappa shape index (κ2) is 11.3. The van der Waals surface area contributed by atoms with Crippen LogP contribution in [0, 0.1) is 0 Å². The number of hydrogen-bond acceptors (Lipinski definition) is 2. The summed E-state index contributed by atoms with van der Waals surface area (Å²) in [6, 6.07) is 61.5. The van der Waals surface area contributed by atoms with Gasteiger partial charge < -0.3 is 0 Å². The highest BCUT2D eigenvalue weighted by atomic mass is 32.1. The van der Waals surface area contributed by atoms with Crippen molar-refractivity contribution in [3.63, 3.8) is 0 Å². The fourth-order valence-corrected chi connectivity index (χ4v) is 8.94. The van der Waals surface area contributed by atoms with Gasteiger partial charge in [-0.25, -0.2) is 0 Å². The molecule has 0 spiro atoms. The smallest absolute Gasteiger partial charge is 0.0714 e. The van der Waals surface area contributed by atoms with Crippen molar-refractivity contribution in [3.8, 4) is 44.6 Å². The lowest BCUT2D eigenvalue weighted by atomic mass is 9.86. The van der Waals surface area contributed by atoms with Crippen LogP contribution in [0.5, 0.6) is 0 Å². The van der Waals surface area contributed by atoms with Gasteiger partial charge in [-0.2, -0.15) is 0 Å². The van der Waals surface area contributed by atoms with Crippen molar-refractivity contribution < 1.29 is 0 Å². The Balaban J connectivity index is 1.13. The average Bonchev–Trinajstić information content (AvgIpc) is 3.57. The molecule has 0 bridgehead atoms. The molecular formula is C47H29NS. The maximum absolute atomic E-state index is 5.20. The van der Waals surface area contributed by atoms with Gasteiger partial charge in [0.2, 0.25) is 0 Å². The SMILES string of the molecule is c1ccc(-c2ccc(-c3c4ccccc4c(-c4ccc(-c5cccc6sc7c8ccccc8ccc7c56)cn4)c4ccccc34)cc2)cc1. The molecule has 0 atom stereocenters. The van der Waals surface area contributed by atoms with Crippen LogP contribution in [0.25, 0.3) is 97.1 Å². The number of hydrogen-bond donors (Lipinski definition) is 0. The quantitative estimate of drug-likeness (QED) is 0.175. The van der Waals surface area contributed by atoms with Gasteiger partial charge in [-0.1, -0.05) is 158 Å². The summed E-state index contributed by atoms with van der Waals surface area (Å²) in [5.74, 6) is 0. The second-order valence-electron chi connectivity index (χ2n) is 12.7. The highest BCUT2D eigenvalue weighted by molar-refractivity contribution is 7.26. The van der Waals surface area contributed by atoms with Gasteiger partial charge in [0.1, 0.15) is 0 Å². The fraction of sp³-hybridized carbons (Fsp3) is 0. The van der Waals surface area contributed by atoms with Crippen molar-refractivity contribution in [2.45, 2.75) is 0 Å². The van der Waals surface area contributed by atoms with Gasteiger partial charge in [-0.15, -0.1) is 11.3 Å². The molecule has 0 aliphatic rings. The molecule has 0 fully saturated rings. The normalized spacial score (nSPS) is 11.7. The van der Waals surface area contributed by atoms with Crippen molar-refractivity contribution in [1.82, 2.24) is 4.98 Å².